The van der Waals surface area contributed by atoms with Gasteiger partial charge < -0.3 is 9.80 Å². The number of fused-ring (bicyclic) bond motifs is 1. The van der Waals surface area contributed by atoms with E-state index in [-0.39, 0.29) is 22.9 Å². The highest BCUT2D eigenvalue weighted by Crippen LogP contribution is 2.23. The van der Waals surface area contributed by atoms with Crippen LogP contribution < -0.4 is 5.56 Å². The summed E-state index contributed by atoms with van der Waals surface area (Å²) in [6.07, 6.45) is 4.44. The van der Waals surface area contributed by atoms with E-state index in [1.807, 2.05) is 6.92 Å². The highest BCUT2D eigenvalue weighted by Gasteiger charge is 2.26. The number of amides is 2. The Morgan fingerprint density at radius 3 is 2.45 bits per heavy atom. The quantitative estimate of drug-likeness (QED) is 0.811. The minimum Gasteiger partial charge on any atom is -0.339 e. The molecule has 7 nitrogen and oxygen atoms in total. The first-order valence-corrected chi connectivity index (χ1v) is 10.9. The van der Waals surface area contributed by atoms with Gasteiger partial charge in [-0.15, -0.1) is 0 Å². The Morgan fingerprint density at radius 2 is 1.74 bits per heavy atom. The molecule has 8 heteroatoms. The van der Waals surface area contributed by atoms with Crippen molar-refractivity contribution >= 4 is 11.8 Å². The number of hydrogen-bond acceptors (Lipinski definition) is 4. The molecule has 1 N–H and O–H groups in total. The van der Waals surface area contributed by atoms with Gasteiger partial charge >= 0.3 is 0 Å². The van der Waals surface area contributed by atoms with Crippen LogP contribution in [0.25, 0.3) is 0 Å². The average Bonchev–Trinajstić information content (AvgIpc) is 2.81. The van der Waals surface area contributed by atoms with E-state index in [1.54, 1.807) is 21.9 Å². The minimum atomic E-state index is -0.558. The summed E-state index contributed by atoms with van der Waals surface area (Å²) in [5.74, 6) is -0.853. The predicted molar refractivity (Wildman–Crippen MR) is 113 cm³/mol. The molecule has 1 aromatic heterocycles. The maximum Gasteiger partial charge on any atom is 0.267 e. The molecule has 2 aliphatic rings. The summed E-state index contributed by atoms with van der Waals surface area (Å²) >= 11 is 0. The molecule has 1 aliphatic heterocycles. The number of nitrogens with zero attached hydrogens (tertiary/aromatic N) is 3. The van der Waals surface area contributed by atoms with Gasteiger partial charge in [0.2, 0.25) is 5.91 Å². The van der Waals surface area contributed by atoms with Gasteiger partial charge in [0.15, 0.2) is 0 Å². The predicted octanol–water partition coefficient (Wildman–Crippen LogP) is 2.07. The highest BCUT2D eigenvalue weighted by atomic mass is 19.1. The monoisotopic (exact) mass is 426 g/mol. The molecule has 164 valence electrons. The van der Waals surface area contributed by atoms with Crippen LogP contribution in [0.15, 0.2) is 23.0 Å². The molecule has 0 saturated carbocycles. The molecule has 2 heterocycles. The fourth-order valence-electron chi connectivity index (χ4n) is 4.47. The van der Waals surface area contributed by atoms with Crippen LogP contribution in [0.2, 0.25) is 0 Å². The van der Waals surface area contributed by atoms with E-state index in [0.29, 0.717) is 39.0 Å². The maximum atomic E-state index is 14.5. The lowest BCUT2D eigenvalue weighted by molar-refractivity contribution is -0.132. The number of rotatable bonds is 4. The molecule has 1 aromatic carbocycles. The molecular formula is C23H27FN4O3. The number of aromatic amines is 1. The van der Waals surface area contributed by atoms with Crippen LogP contribution in [0.3, 0.4) is 0 Å². The molecule has 0 atom stereocenters. The van der Waals surface area contributed by atoms with Gasteiger partial charge in [-0.1, -0.05) is 13.0 Å². The molecule has 2 aromatic rings. The number of carbonyl (C=O) groups is 2. The van der Waals surface area contributed by atoms with Crippen molar-refractivity contribution in [3.63, 3.8) is 0 Å². The minimum absolute atomic E-state index is 0.0334. The number of hydrogen-bond donors (Lipinski definition) is 1. The van der Waals surface area contributed by atoms with Gasteiger partial charge in [-0.25, -0.2) is 9.49 Å². The van der Waals surface area contributed by atoms with E-state index in [1.165, 1.54) is 6.07 Å². The van der Waals surface area contributed by atoms with Gasteiger partial charge in [0.1, 0.15) is 5.82 Å². The van der Waals surface area contributed by atoms with Gasteiger partial charge in [0, 0.05) is 44.6 Å². The molecule has 0 spiro atoms. The van der Waals surface area contributed by atoms with E-state index in [4.69, 9.17) is 0 Å². The van der Waals surface area contributed by atoms with Crippen LogP contribution >= 0.6 is 0 Å². The molecule has 2 amide bonds. The zero-order valence-corrected chi connectivity index (χ0v) is 17.7. The van der Waals surface area contributed by atoms with Crippen LogP contribution in [0.4, 0.5) is 4.39 Å². The summed E-state index contributed by atoms with van der Waals surface area (Å²) in [7, 11) is 0. The average molecular weight is 426 g/mol. The molecule has 1 aliphatic carbocycles. The lowest BCUT2D eigenvalue weighted by Crippen LogP contribution is -2.50. The Kier molecular flexibility index (Phi) is 6.15. The Bertz CT molecular complexity index is 1060. The van der Waals surface area contributed by atoms with E-state index >= 15 is 0 Å². The Balaban J connectivity index is 1.53. The highest BCUT2D eigenvalue weighted by molar-refractivity contribution is 5.95. The molecule has 31 heavy (non-hydrogen) atoms. The van der Waals surface area contributed by atoms with Crippen molar-refractivity contribution < 1.29 is 14.0 Å². The van der Waals surface area contributed by atoms with E-state index in [9.17, 15) is 18.8 Å². The first-order valence-electron chi connectivity index (χ1n) is 10.9. The van der Waals surface area contributed by atoms with Gasteiger partial charge in [0.25, 0.3) is 11.5 Å². The first-order chi connectivity index (χ1) is 15.0. The number of H-pyrrole nitrogens is 1. The Labute approximate surface area is 180 Å². The molecule has 1 saturated heterocycles. The molecule has 0 bridgehead atoms. The molecule has 0 unspecified atom stereocenters. The molecule has 1 fully saturated rings. The van der Waals surface area contributed by atoms with E-state index in [2.05, 4.69) is 10.2 Å². The third-order valence-electron chi connectivity index (χ3n) is 6.24. The van der Waals surface area contributed by atoms with Crippen LogP contribution in [-0.2, 0) is 24.1 Å². The van der Waals surface area contributed by atoms with Crippen molar-refractivity contribution in [3.8, 4) is 0 Å². The second-order valence-electron chi connectivity index (χ2n) is 8.18. The van der Waals surface area contributed by atoms with Crippen LogP contribution in [-0.4, -0.2) is 58.0 Å². The van der Waals surface area contributed by atoms with Crippen molar-refractivity contribution in [2.75, 3.05) is 26.2 Å². The fraction of sp³-hybridized carbons (Fsp3) is 0.478. The number of aromatic nitrogens is 2. The van der Waals surface area contributed by atoms with Gasteiger partial charge in [-0.2, -0.15) is 5.10 Å². The smallest absolute Gasteiger partial charge is 0.267 e. The lowest BCUT2D eigenvalue weighted by Gasteiger charge is -2.34. The van der Waals surface area contributed by atoms with Crippen molar-refractivity contribution in [1.29, 1.82) is 0 Å². The van der Waals surface area contributed by atoms with Crippen molar-refractivity contribution in [2.45, 2.75) is 45.4 Å². The Morgan fingerprint density at radius 1 is 1.06 bits per heavy atom. The van der Waals surface area contributed by atoms with Gasteiger partial charge in [0.05, 0.1) is 11.3 Å². The summed E-state index contributed by atoms with van der Waals surface area (Å²) in [5.41, 5.74) is 3.25. The van der Waals surface area contributed by atoms with Crippen LogP contribution in [0.1, 0.15) is 58.9 Å². The van der Waals surface area contributed by atoms with Crippen molar-refractivity contribution in [1.82, 2.24) is 20.0 Å². The summed E-state index contributed by atoms with van der Waals surface area (Å²) in [4.78, 5) is 40.2. The van der Waals surface area contributed by atoms with E-state index in [0.717, 1.165) is 48.1 Å². The Hall–Kier alpha value is -3.03. The summed E-state index contributed by atoms with van der Waals surface area (Å²) in [6.45, 7) is 3.53. The molecule has 0 radical (unpaired) electrons. The van der Waals surface area contributed by atoms with Gasteiger partial charge in [-0.05, 0) is 48.9 Å². The third kappa shape index (κ3) is 4.38. The topological polar surface area (TPSA) is 86.4 Å². The zero-order valence-electron chi connectivity index (χ0n) is 17.7. The lowest BCUT2D eigenvalue weighted by atomic mass is 9.90. The summed E-state index contributed by atoms with van der Waals surface area (Å²) in [6, 6.07) is 4.56. The molecule has 4 rings (SSSR count). The second kappa shape index (κ2) is 8.99. The van der Waals surface area contributed by atoms with Gasteiger partial charge in [-0.3, -0.25) is 14.4 Å². The van der Waals surface area contributed by atoms with Crippen LogP contribution in [0.5, 0.6) is 0 Å². The summed E-state index contributed by atoms with van der Waals surface area (Å²) < 4.78 is 14.5. The van der Waals surface area contributed by atoms with Crippen molar-refractivity contribution in [2.24, 2.45) is 0 Å². The third-order valence-corrected chi connectivity index (χ3v) is 6.24. The standard InChI is InChI=1S/C23H27FN4O3/c1-2-21(29)27-9-11-28(12-10-27)23(31)18-13-15(7-8-19(18)24)14-20-16-5-3-4-6-17(16)22(30)26-25-20/h7-8,13H,2-6,9-12,14H2,1H3,(H,26,30). The van der Waals surface area contributed by atoms with E-state index < -0.39 is 5.82 Å². The normalized spacial score (nSPS) is 16.2. The number of piperazine rings is 1. The van der Waals surface area contributed by atoms with Crippen LogP contribution in [0, 0.1) is 5.82 Å². The maximum absolute atomic E-state index is 14.5. The number of carbonyl (C=O) groups excluding carboxylic acids is 2. The number of nitrogens with one attached hydrogen (secondary N) is 1. The van der Waals surface area contributed by atoms with Crippen molar-refractivity contribution in [3.05, 3.63) is 62.3 Å². The summed E-state index contributed by atoms with van der Waals surface area (Å²) in [5, 5.41) is 6.82. The largest absolute Gasteiger partial charge is 0.339 e. The number of halogens is 1. The molecular weight excluding hydrogens is 399 g/mol. The fourth-order valence-corrected chi connectivity index (χ4v) is 4.47. The second-order valence-corrected chi connectivity index (χ2v) is 8.18. The zero-order chi connectivity index (χ0) is 22.0. The SMILES string of the molecule is CCC(=O)N1CCN(C(=O)c2cc(Cc3n[nH]c(=O)c4c3CCCC4)ccc2F)CC1. The number of benzene rings is 1. The first kappa shape index (κ1) is 21.2.